The predicted molar refractivity (Wildman–Crippen MR) is 135 cm³/mol. The molecule has 0 radical (unpaired) electrons. The Kier molecular flexibility index (Phi) is 13.2. The van der Waals surface area contributed by atoms with Gasteiger partial charge in [0.2, 0.25) is 0 Å². The van der Waals surface area contributed by atoms with Crippen molar-refractivity contribution >= 4 is 40.7 Å². The van der Waals surface area contributed by atoms with Crippen LogP contribution in [0.4, 0.5) is 0 Å². The second-order valence-corrected chi connectivity index (χ2v) is 7.76. The van der Waals surface area contributed by atoms with Crippen LogP contribution in [0.15, 0.2) is 58.4 Å². The first kappa shape index (κ1) is 26.2. The minimum absolute atomic E-state index is 0. The van der Waals surface area contributed by atoms with Crippen molar-refractivity contribution in [3.63, 3.8) is 0 Å². The zero-order valence-corrected chi connectivity index (χ0v) is 21.0. The highest BCUT2D eigenvalue weighted by atomic mass is 127. The quantitative estimate of drug-likeness (QED) is 0.257. The number of guanidine groups is 1. The van der Waals surface area contributed by atoms with Crippen LogP contribution in [0.3, 0.4) is 0 Å². The molecule has 0 aliphatic rings. The summed E-state index contributed by atoms with van der Waals surface area (Å²) in [5.74, 6) is 2.78. The van der Waals surface area contributed by atoms with Crippen LogP contribution in [0.2, 0.25) is 0 Å². The summed E-state index contributed by atoms with van der Waals surface area (Å²) in [6.45, 7) is 6.44. The fourth-order valence-corrected chi connectivity index (χ4v) is 3.73. The number of nitrogens with zero attached hydrogens (tertiary/aromatic N) is 1. The van der Waals surface area contributed by atoms with Gasteiger partial charge in [0.15, 0.2) is 17.5 Å². The van der Waals surface area contributed by atoms with Crippen LogP contribution in [0.25, 0.3) is 0 Å². The van der Waals surface area contributed by atoms with Crippen molar-refractivity contribution in [2.75, 3.05) is 39.1 Å². The zero-order chi connectivity index (χ0) is 20.9. The van der Waals surface area contributed by atoms with Crippen molar-refractivity contribution in [1.82, 2.24) is 10.6 Å². The van der Waals surface area contributed by atoms with E-state index in [-0.39, 0.29) is 24.0 Å². The number of hydrogen-bond acceptors (Lipinski definition) is 4. The van der Waals surface area contributed by atoms with E-state index in [0.717, 1.165) is 34.9 Å². The SMILES string of the molecule is CCOc1ccc(CCNC(=NC)NCCS(=O)c2ccccc2)cc1OCC.I. The molecule has 2 rings (SSSR count). The van der Waals surface area contributed by atoms with Crippen LogP contribution < -0.4 is 20.1 Å². The number of ether oxygens (including phenoxy) is 2. The lowest BCUT2D eigenvalue weighted by Gasteiger charge is -2.14. The van der Waals surface area contributed by atoms with Gasteiger partial charge in [0.05, 0.1) is 24.0 Å². The van der Waals surface area contributed by atoms with E-state index in [1.54, 1.807) is 7.05 Å². The van der Waals surface area contributed by atoms with E-state index in [0.29, 0.717) is 31.5 Å². The first-order chi connectivity index (χ1) is 14.2. The van der Waals surface area contributed by atoms with Crippen molar-refractivity contribution in [3.05, 3.63) is 54.1 Å². The summed E-state index contributed by atoms with van der Waals surface area (Å²) in [6.07, 6.45) is 0.823. The summed E-state index contributed by atoms with van der Waals surface area (Å²) in [6, 6.07) is 15.5. The first-order valence-electron chi connectivity index (χ1n) is 9.94. The molecule has 0 aliphatic heterocycles. The van der Waals surface area contributed by atoms with E-state index >= 15 is 0 Å². The molecular weight excluding hydrogens is 513 g/mol. The fourth-order valence-electron chi connectivity index (χ4n) is 2.75. The Morgan fingerprint density at radius 2 is 1.63 bits per heavy atom. The van der Waals surface area contributed by atoms with E-state index in [2.05, 4.69) is 15.6 Å². The van der Waals surface area contributed by atoms with Gasteiger partial charge in [0.1, 0.15) is 0 Å². The number of halogens is 1. The second-order valence-electron chi connectivity index (χ2n) is 6.19. The maximum atomic E-state index is 12.3. The maximum Gasteiger partial charge on any atom is 0.191 e. The van der Waals surface area contributed by atoms with Crippen molar-refractivity contribution in [2.45, 2.75) is 25.2 Å². The summed E-state index contributed by atoms with van der Waals surface area (Å²) in [7, 11) is 0.713. The van der Waals surface area contributed by atoms with Gasteiger partial charge < -0.3 is 20.1 Å². The molecule has 0 saturated carbocycles. The highest BCUT2D eigenvalue weighted by Gasteiger charge is 2.07. The minimum Gasteiger partial charge on any atom is -0.490 e. The van der Waals surface area contributed by atoms with Crippen molar-refractivity contribution < 1.29 is 13.7 Å². The highest BCUT2D eigenvalue weighted by molar-refractivity contribution is 14.0. The molecule has 0 aliphatic carbocycles. The van der Waals surface area contributed by atoms with Crippen molar-refractivity contribution in [3.8, 4) is 11.5 Å². The lowest BCUT2D eigenvalue weighted by molar-refractivity contribution is 0.287. The molecule has 1 unspecified atom stereocenters. The van der Waals surface area contributed by atoms with Crippen LogP contribution >= 0.6 is 24.0 Å². The number of rotatable bonds is 11. The standard InChI is InChI=1S/C22H31N3O3S.HI/c1-4-27-20-12-11-18(17-21(20)28-5-2)13-14-24-22(23-3)25-15-16-29(26)19-9-7-6-8-10-19;/h6-12,17H,4-5,13-16H2,1-3H3,(H2,23,24,25);1H. The average molecular weight is 545 g/mol. The summed E-state index contributed by atoms with van der Waals surface area (Å²) >= 11 is 0. The third-order valence-electron chi connectivity index (χ3n) is 4.12. The molecule has 6 nitrogen and oxygen atoms in total. The molecule has 2 aromatic rings. The Bertz CT molecular complexity index is 803. The molecular formula is C22H32IN3O3S. The average Bonchev–Trinajstić information content (AvgIpc) is 2.75. The molecule has 2 N–H and O–H groups in total. The molecule has 0 spiro atoms. The van der Waals surface area contributed by atoms with E-state index in [4.69, 9.17) is 9.47 Å². The summed E-state index contributed by atoms with van der Waals surface area (Å²) in [5, 5.41) is 6.51. The minimum atomic E-state index is -1.02. The van der Waals surface area contributed by atoms with Crippen LogP contribution in [-0.2, 0) is 17.2 Å². The van der Waals surface area contributed by atoms with Gasteiger partial charge >= 0.3 is 0 Å². The van der Waals surface area contributed by atoms with Crippen LogP contribution in [0, 0.1) is 0 Å². The lowest BCUT2D eigenvalue weighted by atomic mass is 10.1. The normalized spacial score (nSPS) is 11.9. The molecule has 30 heavy (non-hydrogen) atoms. The zero-order valence-electron chi connectivity index (χ0n) is 17.8. The van der Waals surface area contributed by atoms with Gasteiger partial charge in [-0.05, 0) is 50.1 Å². The first-order valence-corrected chi connectivity index (χ1v) is 11.3. The number of aliphatic imine (C=N–C) groups is 1. The van der Waals surface area contributed by atoms with Gasteiger partial charge in [-0.3, -0.25) is 9.20 Å². The topological polar surface area (TPSA) is 72.0 Å². The second kappa shape index (κ2) is 15.1. The maximum absolute atomic E-state index is 12.3. The largest absolute Gasteiger partial charge is 0.490 e. The monoisotopic (exact) mass is 545 g/mol. The van der Waals surface area contributed by atoms with Gasteiger partial charge in [-0.1, -0.05) is 24.3 Å². The third kappa shape index (κ3) is 8.91. The van der Waals surface area contributed by atoms with Crippen molar-refractivity contribution in [1.29, 1.82) is 0 Å². The van der Waals surface area contributed by atoms with Gasteiger partial charge in [-0.15, -0.1) is 24.0 Å². The molecule has 2 aromatic carbocycles. The third-order valence-corrected chi connectivity index (χ3v) is 5.50. The summed E-state index contributed by atoms with van der Waals surface area (Å²) in [4.78, 5) is 5.07. The Morgan fingerprint density at radius 3 is 2.30 bits per heavy atom. The molecule has 0 bridgehead atoms. The van der Waals surface area contributed by atoms with Crippen LogP contribution in [0.1, 0.15) is 19.4 Å². The van der Waals surface area contributed by atoms with E-state index in [1.165, 1.54) is 0 Å². The van der Waals surface area contributed by atoms with Crippen LogP contribution in [-0.4, -0.2) is 49.3 Å². The lowest BCUT2D eigenvalue weighted by Crippen LogP contribution is -2.40. The Morgan fingerprint density at radius 1 is 0.967 bits per heavy atom. The highest BCUT2D eigenvalue weighted by Crippen LogP contribution is 2.28. The predicted octanol–water partition coefficient (Wildman–Crippen LogP) is 3.62. The number of nitrogens with one attached hydrogen (secondary N) is 2. The molecule has 0 fully saturated rings. The van der Waals surface area contributed by atoms with Gasteiger partial charge in [-0.2, -0.15) is 0 Å². The van der Waals surface area contributed by atoms with Crippen molar-refractivity contribution in [2.24, 2.45) is 4.99 Å². The fraction of sp³-hybridized carbons (Fsp3) is 0.409. The Labute approximate surface area is 199 Å². The van der Waals surface area contributed by atoms with Gasteiger partial charge in [0.25, 0.3) is 0 Å². The van der Waals surface area contributed by atoms with Gasteiger partial charge in [-0.25, -0.2) is 0 Å². The number of benzene rings is 2. The molecule has 8 heteroatoms. The molecule has 0 saturated heterocycles. The van der Waals surface area contributed by atoms with E-state index < -0.39 is 10.8 Å². The Hall–Kier alpha value is -1.81. The smallest absolute Gasteiger partial charge is 0.191 e. The number of hydrogen-bond donors (Lipinski definition) is 2. The van der Waals surface area contributed by atoms with Crippen LogP contribution in [0.5, 0.6) is 11.5 Å². The van der Waals surface area contributed by atoms with Gasteiger partial charge in [0, 0.05) is 30.8 Å². The molecule has 0 heterocycles. The summed E-state index contributed by atoms with van der Waals surface area (Å²) in [5.41, 5.74) is 1.16. The molecule has 0 amide bonds. The van der Waals surface area contributed by atoms with E-state index in [1.807, 2.05) is 62.4 Å². The van der Waals surface area contributed by atoms with E-state index in [9.17, 15) is 4.21 Å². The molecule has 0 aromatic heterocycles. The molecule has 166 valence electrons. The Balaban J connectivity index is 0.00000450. The molecule has 1 atom stereocenters. The summed E-state index contributed by atoms with van der Waals surface area (Å²) < 4.78 is 23.5.